The van der Waals surface area contributed by atoms with Crippen LogP contribution < -0.4 is 5.73 Å². The lowest BCUT2D eigenvalue weighted by atomic mass is 10.0. The van der Waals surface area contributed by atoms with E-state index in [0.29, 0.717) is 31.2 Å². The normalized spacial score (nSPS) is 25.1. The maximum atomic E-state index is 11.0. The molecule has 0 aromatic carbocycles. The van der Waals surface area contributed by atoms with E-state index in [0.717, 1.165) is 5.56 Å². The van der Waals surface area contributed by atoms with Crippen molar-refractivity contribution in [2.75, 3.05) is 13.1 Å². The van der Waals surface area contributed by atoms with Gasteiger partial charge in [-0.05, 0) is 18.1 Å². The van der Waals surface area contributed by atoms with Crippen molar-refractivity contribution in [1.29, 1.82) is 0 Å². The van der Waals surface area contributed by atoms with Crippen LogP contribution in [0.2, 0.25) is 5.15 Å². The largest absolute Gasteiger partial charge is 0.480 e. The van der Waals surface area contributed by atoms with Gasteiger partial charge in [0.2, 0.25) is 0 Å². The number of hydrogen-bond donors (Lipinski definition) is 2. The second-order valence-corrected chi connectivity index (χ2v) is 4.80. The summed E-state index contributed by atoms with van der Waals surface area (Å²) < 4.78 is 0. The van der Waals surface area contributed by atoms with Gasteiger partial charge in [0.05, 0.1) is 0 Å². The second kappa shape index (κ2) is 4.60. The van der Waals surface area contributed by atoms with Crippen LogP contribution in [-0.2, 0) is 11.3 Å². The zero-order valence-corrected chi connectivity index (χ0v) is 10.0. The first kappa shape index (κ1) is 12.3. The average Bonchev–Trinajstić information content (AvgIpc) is 2.65. The lowest BCUT2D eigenvalue weighted by Crippen LogP contribution is -2.50. The fourth-order valence-electron chi connectivity index (χ4n) is 1.98. The summed E-state index contributed by atoms with van der Waals surface area (Å²) in [7, 11) is 0. The van der Waals surface area contributed by atoms with Crippen molar-refractivity contribution >= 4 is 17.6 Å². The Morgan fingerprint density at radius 1 is 1.65 bits per heavy atom. The monoisotopic (exact) mass is 255 g/mol. The average molecular weight is 256 g/mol. The molecule has 1 saturated heterocycles. The Balaban J connectivity index is 1.98. The number of hydrogen-bond acceptors (Lipinski definition) is 4. The molecule has 1 aliphatic heterocycles. The predicted molar refractivity (Wildman–Crippen MR) is 63.7 cm³/mol. The van der Waals surface area contributed by atoms with Crippen LogP contribution in [0.3, 0.4) is 0 Å². The van der Waals surface area contributed by atoms with Crippen LogP contribution in [0.25, 0.3) is 0 Å². The molecule has 0 saturated carbocycles. The minimum absolute atomic E-state index is 0.366. The van der Waals surface area contributed by atoms with Gasteiger partial charge < -0.3 is 10.8 Å². The standard InChI is InChI=1S/C11H14ClN3O2/c12-9-2-1-8(5-14-9)6-15-4-3-11(13,7-15)10(16)17/h1-2,5H,3-4,6-7,13H2,(H,16,17). The highest BCUT2D eigenvalue weighted by atomic mass is 35.5. The van der Waals surface area contributed by atoms with E-state index < -0.39 is 11.5 Å². The van der Waals surface area contributed by atoms with Crippen LogP contribution in [0.4, 0.5) is 0 Å². The van der Waals surface area contributed by atoms with Crippen LogP contribution >= 0.6 is 11.6 Å². The van der Waals surface area contributed by atoms with Gasteiger partial charge in [-0.2, -0.15) is 0 Å². The third-order valence-electron chi connectivity index (χ3n) is 3.00. The quantitative estimate of drug-likeness (QED) is 0.778. The summed E-state index contributed by atoms with van der Waals surface area (Å²) in [4.78, 5) is 17.0. The highest BCUT2D eigenvalue weighted by Gasteiger charge is 2.40. The number of aromatic nitrogens is 1. The molecule has 17 heavy (non-hydrogen) atoms. The molecule has 2 rings (SSSR count). The fourth-order valence-corrected chi connectivity index (χ4v) is 2.09. The number of carbonyl (C=O) groups is 1. The van der Waals surface area contributed by atoms with Crippen LogP contribution in [0, 0.1) is 0 Å². The molecule has 1 fully saturated rings. The molecule has 92 valence electrons. The van der Waals surface area contributed by atoms with Gasteiger partial charge in [0, 0.05) is 25.8 Å². The van der Waals surface area contributed by atoms with E-state index in [2.05, 4.69) is 4.98 Å². The molecule has 0 aliphatic carbocycles. The molecule has 6 heteroatoms. The number of carboxylic acids is 1. The van der Waals surface area contributed by atoms with E-state index in [9.17, 15) is 4.79 Å². The van der Waals surface area contributed by atoms with Gasteiger partial charge in [-0.25, -0.2) is 4.98 Å². The Bertz CT molecular complexity index is 423. The number of pyridine rings is 1. The van der Waals surface area contributed by atoms with Gasteiger partial charge in [0.15, 0.2) is 0 Å². The molecule has 1 atom stereocenters. The third-order valence-corrected chi connectivity index (χ3v) is 3.22. The first-order chi connectivity index (χ1) is 7.99. The first-order valence-electron chi connectivity index (χ1n) is 5.35. The molecule has 1 aromatic rings. The first-order valence-corrected chi connectivity index (χ1v) is 5.72. The molecule has 1 unspecified atom stereocenters. The van der Waals surface area contributed by atoms with E-state index in [1.807, 2.05) is 11.0 Å². The maximum Gasteiger partial charge on any atom is 0.325 e. The van der Waals surface area contributed by atoms with E-state index in [1.54, 1.807) is 12.3 Å². The van der Waals surface area contributed by atoms with Crippen molar-refractivity contribution in [3.05, 3.63) is 29.0 Å². The van der Waals surface area contributed by atoms with Gasteiger partial charge >= 0.3 is 5.97 Å². The van der Waals surface area contributed by atoms with Crippen molar-refractivity contribution in [1.82, 2.24) is 9.88 Å². The van der Waals surface area contributed by atoms with Crippen molar-refractivity contribution in [3.8, 4) is 0 Å². The molecular weight excluding hydrogens is 242 g/mol. The van der Waals surface area contributed by atoms with Gasteiger partial charge in [-0.3, -0.25) is 9.69 Å². The molecule has 1 aromatic heterocycles. The highest BCUT2D eigenvalue weighted by molar-refractivity contribution is 6.29. The molecule has 0 spiro atoms. The summed E-state index contributed by atoms with van der Waals surface area (Å²) in [5.74, 6) is -0.936. The molecule has 0 amide bonds. The number of halogens is 1. The van der Waals surface area contributed by atoms with Gasteiger partial charge in [-0.1, -0.05) is 17.7 Å². The molecule has 2 heterocycles. The van der Waals surface area contributed by atoms with Crippen LogP contribution in [0.1, 0.15) is 12.0 Å². The molecule has 0 radical (unpaired) electrons. The Kier molecular flexibility index (Phi) is 3.33. The number of nitrogens with zero attached hydrogens (tertiary/aromatic N) is 2. The van der Waals surface area contributed by atoms with E-state index in [4.69, 9.17) is 22.4 Å². The molecule has 0 bridgehead atoms. The Morgan fingerprint density at radius 2 is 2.41 bits per heavy atom. The zero-order chi connectivity index (χ0) is 12.5. The molecule has 3 N–H and O–H groups in total. The second-order valence-electron chi connectivity index (χ2n) is 4.41. The van der Waals surface area contributed by atoms with Gasteiger partial charge in [0.25, 0.3) is 0 Å². The number of rotatable bonds is 3. The fraction of sp³-hybridized carbons (Fsp3) is 0.455. The Labute approximate surface area is 104 Å². The van der Waals surface area contributed by atoms with Crippen molar-refractivity contribution in [2.24, 2.45) is 5.73 Å². The number of aliphatic carboxylic acids is 1. The Hall–Kier alpha value is -1.17. The lowest BCUT2D eigenvalue weighted by molar-refractivity contribution is -0.142. The van der Waals surface area contributed by atoms with Crippen molar-refractivity contribution in [2.45, 2.75) is 18.5 Å². The van der Waals surface area contributed by atoms with Crippen molar-refractivity contribution < 1.29 is 9.90 Å². The topological polar surface area (TPSA) is 79.5 Å². The van der Waals surface area contributed by atoms with Crippen molar-refractivity contribution in [3.63, 3.8) is 0 Å². The smallest absolute Gasteiger partial charge is 0.325 e. The summed E-state index contributed by atoms with van der Waals surface area (Å²) >= 11 is 5.69. The maximum absolute atomic E-state index is 11.0. The summed E-state index contributed by atoms with van der Waals surface area (Å²) in [6, 6.07) is 3.60. The Morgan fingerprint density at radius 3 is 2.94 bits per heavy atom. The third kappa shape index (κ3) is 2.74. The lowest BCUT2D eigenvalue weighted by Gasteiger charge is -2.19. The highest BCUT2D eigenvalue weighted by Crippen LogP contribution is 2.21. The van der Waals surface area contributed by atoms with E-state index in [-0.39, 0.29) is 0 Å². The van der Waals surface area contributed by atoms with Crippen LogP contribution in [0.5, 0.6) is 0 Å². The van der Waals surface area contributed by atoms with Crippen LogP contribution in [0.15, 0.2) is 18.3 Å². The van der Waals surface area contributed by atoms with E-state index in [1.165, 1.54) is 0 Å². The summed E-state index contributed by atoms with van der Waals surface area (Å²) in [6.07, 6.45) is 2.17. The SMILES string of the molecule is NC1(C(=O)O)CCN(Cc2ccc(Cl)nc2)C1. The van der Waals surface area contributed by atoms with E-state index >= 15 is 0 Å². The summed E-state index contributed by atoms with van der Waals surface area (Å²) in [5, 5.41) is 9.46. The molecule has 1 aliphatic rings. The minimum Gasteiger partial charge on any atom is -0.480 e. The number of likely N-dealkylation sites (tertiary alicyclic amines) is 1. The minimum atomic E-state index is -1.11. The molecular formula is C11H14ClN3O2. The van der Waals surface area contributed by atoms with Crippen LogP contribution in [-0.4, -0.2) is 39.6 Å². The number of carboxylic acid groups (broad SMARTS) is 1. The predicted octanol–water partition coefficient (Wildman–Crippen LogP) is 0.723. The van der Waals surface area contributed by atoms with Gasteiger partial charge in [0.1, 0.15) is 10.7 Å². The van der Waals surface area contributed by atoms with Gasteiger partial charge in [-0.15, -0.1) is 0 Å². The number of nitrogens with two attached hydrogens (primary N) is 1. The zero-order valence-electron chi connectivity index (χ0n) is 9.27. The molecule has 5 nitrogen and oxygen atoms in total. The summed E-state index contributed by atoms with van der Waals surface area (Å²) in [6.45, 7) is 1.70. The summed E-state index contributed by atoms with van der Waals surface area (Å²) in [5.41, 5.74) is 5.68.